The van der Waals surface area contributed by atoms with Crippen molar-refractivity contribution < 1.29 is 9.21 Å². The van der Waals surface area contributed by atoms with Crippen molar-refractivity contribution in [2.24, 2.45) is 5.92 Å². The van der Waals surface area contributed by atoms with E-state index in [0.717, 1.165) is 55.4 Å². The highest BCUT2D eigenvalue weighted by Crippen LogP contribution is 2.19. The maximum absolute atomic E-state index is 12.5. The molecule has 0 saturated carbocycles. The molecule has 1 saturated heterocycles. The maximum atomic E-state index is 12.5. The van der Waals surface area contributed by atoms with Crippen molar-refractivity contribution in [3.8, 4) is 0 Å². The van der Waals surface area contributed by atoms with E-state index in [4.69, 9.17) is 4.42 Å². The first-order valence-electron chi connectivity index (χ1n) is 8.94. The molecule has 3 heterocycles. The van der Waals surface area contributed by atoms with Crippen LogP contribution in [0.25, 0.3) is 0 Å². The monoisotopic (exact) mass is 342 g/mol. The second-order valence-corrected chi connectivity index (χ2v) is 6.76. The van der Waals surface area contributed by atoms with Crippen molar-refractivity contribution in [3.05, 3.63) is 47.4 Å². The van der Waals surface area contributed by atoms with Gasteiger partial charge in [-0.2, -0.15) is 0 Å². The predicted molar refractivity (Wildman–Crippen MR) is 94.9 cm³/mol. The molecular formula is C19H26N4O2. The lowest BCUT2D eigenvalue weighted by Crippen LogP contribution is -2.43. The summed E-state index contributed by atoms with van der Waals surface area (Å²) in [6.07, 6.45) is 4.34. The molecule has 1 atom stereocenters. The lowest BCUT2D eigenvalue weighted by Gasteiger charge is -2.31. The number of carbonyl (C=O) groups is 1. The minimum Gasteiger partial charge on any atom is -0.468 e. The average Bonchev–Trinajstić information content (AvgIpc) is 3.07. The van der Waals surface area contributed by atoms with Gasteiger partial charge in [-0.25, -0.2) is 9.97 Å². The van der Waals surface area contributed by atoms with E-state index < -0.39 is 0 Å². The largest absolute Gasteiger partial charge is 0.468 e. The Labute approximate surface area is 148 Å². The Balaban J connectivity index is 1.45. The number of furan rings is 1. The highest BCUT2D eigenvalue weighted by Gasteiger charge is 2.25. The highest BCUT2D eigenvalue weighted by atomic mass is 16.3. The summed E-state index contributed by atoms with van der Waals surface area (Å²) in [4.78, 5) is 23.6. The van der Waals surface area contributed by atoms with Crippen LogP contribution in [-0.4, -0.2) is 40.4 Å². The maximum Gasteiger partial charge on any atom is 0.224 e. The Morgan fingerprint density at radius 1 is 1.36 bits per heavy atom. The standard InChI is InChI=1S/C19H26N4O2/c1-14-11-15(2)22-18(21-14)7-8-20-19(24)16-5-3-9-23(12-16)13-17-6-4-10-25-17/h4,6,10-11,16H,3,5,7-9,12-13H2,1-2H3,(H,20,24)/t16-/m1/s1. The molecule has 1 aliphatic heterocycles. The van der Waals surface area contributed by atoms with E-state index in [-0.39, 0.29) is 11.8 Å². The van der Waals surface area contributed by atoms with Crippen molar-refractivity contribution >= 4 is 5.91 Å². The number of aromatic nitrogens is 2. The minimum absolute atomic E-state index is 0.0453. The number of piperidine rings is 1. The lowest BCUT2D eigenvalue weighted by atomic mass is 9.97. The lowest BCUT2D eigenvalue weighted by molar-refractivity contribution is -0.126. The molecule has 2 aromatic heterocycles. The second kappa shape index (κ2) is 8.25. The molecule has 1 fully saturated rings. The first-order valence-corrected chi connectivity index (χ1v) is 8.94. The van der Waals surface area contributed by atoms with Crippen LogP contribution in [0.4, 0.5) is 0 Å². The molecule has 0 radical (unpaired) electrons. The number of nitrogens with one attached hydrogen (secondary N) is 1. The van der Waals surface area contributed by atoms with Crippen molar-refractivity contribution in [2.75, 3.05) is 19.6 Å². The molecule has 1 N–H and O–H groups in total. The average molecular weight is 342 g/mol. The Morgan fingerprint density at radius 3 is 2.88 bits per heavy atom. The van der Waals surface area contributed by atoms with Crippen LogP contribution in [0.2, 0.25) is 0 Å². The zero-order valence-corrected chi connectivity index (χ0v) is 15.0. The highest BCUT2D eigenvalue weighted by molar-refractivity contribution is 5.78. The molecule has 6 heteroatoms. The summed E-state index contributed by atoms with van der Waals surface area (Å²) in [5.74, 6) is 1.92. The molecule has 1 aliphatic rings. The van der Waals surface area contributed by atoms with Crippen LogP contribution in [0.3, 0.4) is 0 Å². The van der Waals surface area contributed by atoms with Gasteiger partial charge in [0.05, 0.1) is 18.7 Å². The zero-order valence-electron chi connectivity index (χ0n) is 15.0. The van der Waals surface area contributed by atoms with Crippen LogP contribution in [0.5, 0.6) is 0 Å². The van der Waals surface area contributed by atoms with E-state index in [9.17, 15) is 4.79 Å². The predicted octanol–water partition coefficient (Wildman–Crippen LogP) is 2.26. The van der Waals surface area contributed by atoms with Crippen molar-refractivity contribution in [3.63, 3.8) is 0 Å². The first kappa shape index (κ1) is 17.6. The van der Waals surface area contributed by atoms with Crippen LogP contribution >= 0.6 is 0 Å². The van der Waals surface area contributed by atoms with E-state index in [0.29, 0.717) is 13.0 Å². The van der Waals surface area contributed by atoms with E-state index >= 15 is 0 Å². The van der Waals surface area contributed by atoms with E-state index in [1.165, 1.54) is 0 Å². The van der Waals surface area contributed by atoms with Gasteiger partial charge in [-0.15, -0.1) is 0 Å². The van der Waals surface area contributed by atoms with Gasteiger partial charge >= 0.3 is 0 Å². The van der Waals surface area contributed by atoms with Crippen LogP contribution in [0, 0.1) is 19.8 Å². The second-order valence-electron chi connectivity index (χ2n) is 6.76. The third-order valence-electron chi connectivity index (χ3n) is 4.51. The summed E-state index contributed by atoms with van der Waals surface area (Å²) in [6, 6.07) is 5.84. The summed E-state index contributed by atoms with van der Waals surface area (Å²) >= 11 is 0. The van der Waals surface area contributed by atoms with E-state index in [1.54, 1.807) is 6.26 Å². The van der Waals surface area contributed by atoms with Gasteiger partial charge < -0.3 is 9.73 Å². The minimum atomic E-state index is 0.0453. The van der Waals surface area contributed by atoms with Crippen LogP contribution in [-0.2, 0) is 17.8 Å². The molecule has 0 spiro atoms. The SMILES string of the molecule is Cc1cc(C)nc(CCNC(=O)[C@@H]2CCCN(Cc3ccco3)C2)n1. The quantitative estimate of drug-likeness (QED) is 0.872. The summed E-state index contributed by atoms with van der Waals surface area (Å²) in [7, 11) is 0. The number of hydrogen-bond acceptors (Lipinski definition) is 5. The summed E-state index contributed by atoms with van der Waals surface area (Å²) < 4.78 is 5.41. The number of carbonyl (C=O) groups excluding carboxylic acids is 1. The molecule has 6 nitrogen and oxygen atoms in total. The van der Waals surface area contributed by atoms with Gasteiger partial charge in [0.15, 0.2) is 0 Å². The summed E-state index contributed by atoms with van der Waals surface area (Å²) in [6.45, 7) is 7.08. The number of likely N-dealkylation sites (tertiary alicyclic amines) is 1. The number of nitrogens with zero attached hydrogens (tertiary/aromatic N) is 3. The van der Waals surface area contributed by atoms with Gasteiger partial charge in [-0.05, 0) is 51.4 Å². The van der Waals surface area contributed by atoms with Gasteiger partial charge in [0.25, 0.3) is 0 Å². The molecule has 25 heavy (non-hydrogen) atoms. The van der Waals surface area contributed by atoms with E-state index in [2.05, 4.69) is 20.2 Å². The Kier molecular flexibility index (Phi) is 5.81. The van der Waals surface area contributed by atoms with Crippen LogP contribution in [0.15, 0.2) is 28.9 Å². The van der Waals surface area contributed by atoms with Gasteiger partial charge in [0.2, 0.25) is 5.91 Å². The van der Waals surface area contributed by atoms with Gasteiger partial charge in [0, 0.05) is 30.9 Å². The zero-order chi connectivity index (χ0) is 17.6. The van der Waals surface area contributed by atoms with Crippen molar-refractivity contribution in [1.82, 2.24) is 20.2 Å². The van der Waals surface area contributed by atoms with Gasteiger partial charge in [-0.1, -0.05) is 0 Å². The Bertz CT molecular complexity index is 679. The van der Waals surface area contributed by atoms with Crippen LogP contribution in [0.1, 0.15) is 35.8 Å². The van der Waals surface area contributed by atoms with Gasteiger partial charge in [0.1, 0.15) is 11.6 Å². The molecule has 0 aromatic carbocycles. The number of rotatable bonds is 6. The van der Waals surface area contributed by atoms with Gasteiger partial charge in [-0.3, -0.25) is 9.69 Å². The number of amides is 1. The molecule has 0 aliphatic carbocycles. The molecule has 0 unspecified atom stereocenters. The summed E-state index contributed by atoms with van der Waals surface area (Å²) in [5, 5.41) is 3.05. The fourth-order valence-corrected chi connectivity index (χ4v) is 3.39. The van der Waals surface area contributed by atoms with Crippen molar-refractivity contribution in [2.45, 2.75) is 39.7 Å². The van der Waals surface area contributed by atoms with E-state index in [1.807, 2.05) is 32.0 Å². The molecule has 2 aromatic rings. The normalized spacial score (nSPS) is 18.2. The molecule has 1 amide bonds. The molecule has 134 valence electrons. The Morgan fingerprint density at radius 2 is 2.16 bits per heavy atom. The fourth-order valence-electron chi connectivity index (χ4n) is 3.39. The molecule has 0 bridgehead atoms. The number of aryl methyl sites for hydroxylation is 2. The third kappa shape index (κ3) is 5.13. The third-order valence-corrected chi connectivity index (χ3v) is 4.51. The Hall–Kier alpha value is -2.21. The fraction of sp³-hybridized carbons (Fsp3) is 0.526. The van der Waals surface area contributed by atoms with Crippen LogP contribution < -0.4 is 5.32 Å². The van der Waals surface area contributed by atoms with Crippen molar-refractivity contribution in [1.29, 1.82) is 0 Å². The topological polar surface area (TPSA) is 71.3 Å². The molecule has 3 rings (SSSR count). The smallest absolute Gasteiger partial charge is 0.224 e. The summed E-state index contributed by atoms with van der Waals surface area (Å²) in [5.41, 5.74) is 1.93. The first-order chi connectivity index (χ1) is 12.1. The number of hydrogen-bond donors (Lipinski definition) is 1. The molecular weight excluding hydrogens is 316 g/mol.